The molecule has 1 N–H and O–H groups in total. The molecule has 29 heavy (non-hydrogen) atoms. The number of aryl methyl sites for hydroxylation is 1. The highest BCUT2D eigenvalue weighted by molar-refractivity contribution is 5.78. The van der Waals surface area contributed by atoms with Gasteiger partial charge in [-0.15, -0.1) is 0 Å². The fourth-order valence-electron chi connectivity index (χ4n) is 3.31. The summed E-state index contributed by atoms with van der Waals surface area (Å²) in [5.41, 5.74) is 2.66. The monoisotopic (exact) mass is 392 g/mol. The molecule has 1 aromatic heterocycles. The number of H-pyrrole nitrogens is 1. The maximum atomic E-state index is 12.6. The minimum atomic E-state index is -0.161. The number of carbonyl (C=O) groups is 1. The topological polar surface area (TPSA) is 69.3 Å². The zero-order valence-corrected chi connectivity index (χ0v) is 17.1. The summed E-state index contributed by atoms with van der Waals surface area (Å²) in [5, 5.41) is 0.567. The van der Waals surface area contributed by atoms with Crippen molar-refractivity contribution >= 4 is 16.8 Å². The molecular weight excluding hydrogens is 364 g/mol. The van der Waals surface area contributed by atoms with Gasteiger partial charge >= 0.3 is 0 Å². The molecule has 1 aliphatic rings. The van der Waals surface area contributed by atoms with Crippen molar-refractivity contribution in [2.24, 2.45) is 0 Å². The first kappa shape index (κ1) is 20.6. The van der Waals surface area contributed by atoms with Crippen molar-refractivity contribution in [3.8, 4) is 0 Å². The molecule has 0 spiro atoms. The van der Waals surface area contributed by atoms with Crippen molar-refractivity contribution in [2.75, 3.05) is 26.2 Å². The largest absolute Gasteiger partial charge is 0.368 e. The molecule has 2 aromatic rings. The van der Waals surface area contributed by atoms with E-state index in [9.17, 15) is 9.59 Å². The number of fused-ring (bicyclic) bond motifs is 1. The van der Waals surface area contributed by atoms with Gasteiger partial charge in [-0.3, -0.25) is 9.59 Å². The second-order valence-corrected chi connectivity index (χ2v) is 7.25. The van der Waals surface area contributed by atoms with Crippen molar-refractivity contribution in [1.29, 1.82) is 0 Å². The van der Waals surface area contributed by atoms with Gasteiger partial charge < -0.3 is 14.8 Å². The first-order chi connectivity index (χ1) is 14.0. The standard InChI is InChI=1S/C23H28N4O2/c1-4-17(2)9-10-18(3)26-13-15-27(16-14-26)22(28)12-11-21-24-20-8-6-5-7-19(20)23(29)25-21/h4-10H,3,11-16H2,1-2H3,(H,24,25,29)/b10-9-,17-4-. The number of piperazine rings is 1. The molecule has 152 valence electrons. The van der Waals surface area contributed by atoms with Crippen LogP contribution < -0.4 is 5.56 Å². The average molecular weight is 393 g/mol. The zero-order valence-electron chi connectivity index (χ0n) is 17.1. The van der Waals surface area contributed by atoms with Crippen LogP contribution in [0.3, 0.4) is 0 Å². The third-order valence-electron chi connectivity index (χ3n) is 5.27. The Morgan fingerprint density at radius 3 is 2.59 bits per heavy atom. The van der Waals surface area contributed by atoms with Gasteiger partial charge in [0.05, 0.1) is 10.9 Å². The smallest absolute Gasteiger partial charge is 0.258 e. The third-order valence-corrected chi connectivity index (χ3v) is 5.27. The summed E-state index contributed by atoms with van der Waals surface area (Å²) in [6.07, 6.45) is 6.89. The quantitative estimate of drug-likeness (QED) is 0.767. The molecule has 1 amide bonds. The van der Waals surface area contributed by atoms with E-state index in [0.717, 1.165) is 18.8 Å². The Bertz CT molecular complexity index is 1010. The first-order valence-corrected chi connectivity index (χ1v) is 9.98. The van der Waals surface area contributed by atoms with Crippen molar-refractivity contribution in [1.82, 2.24) is 19.8 Å². The van der Waals surface area contributed by atoms with Crippen LogP contribution in [0.5, 0.6) is 0 Å². The molecule has 1 fully saturated rings. The van der Waals surface area contributed by atoms with E-state index < -0.39 is 0 Å². The summed E-state index contributed by atoms with van der Waals surface area (Å²) in [4.78, 5) is 36.1. The number of allylic oxidation sites excluding steroid dienone is 4. The van der Waals surface area contributed by atoms with E-state index in [1.165, 1.54) is 5.57 Å². The molecule has 0 saturated carbocycles. The molecule has 1 aromatic carbocycles. The second kappa shape index (κ2) is 9.37. The number of hydrogen-bond donors (Lipinski definition) is 1. The van der Waals surface area contributed by atoms with Crippen molar-refractivity contribution in [3.05, 3.63) is 76.5 Å². The number of aromatic amines is 1. The summed E-state index contributed by atoms with van der Waals surface area (Å²) in [7, 11) is 0. The molecule has 3 rings (SSSR count). The SMILES string of the molecule is C=C(/C=C\C(C)=C/C)N1CCN(C(=O)CCc2nc3ccccc3c(=O)[nH]2)CC1. The first-order valence-electron chi connectivity index (χ1n) is 9.98. The van der Waals surface area contributed by atoms with Gasteiger partial charge in [0.25, 0.3) is 5.56 Å². The Labute approximate surface area is 171 Å². The van der Waals surface area contributed by atoms with E-state index in [1.54, 1.807) is 6.07 Å². The number of hydrogen-bond acceptors (Lipinski definition) is 4. The summed E-state index contributed by atoms with van der Waals surface area (Å²) in [6.45, 7) is 11.1. The molecule has 0 aliphatic carbocycles. The van der Waals surface area contributed by atoms with Gasteiger partial charge in [-0.05, 0) is 32.1 Å². The van der Waals surface area contributed by atoms with Crippen LogP contribution in [0.4, 0.5) is 0 Å². The molecule has 6 heteroatoms. The summed E-state index contributed by atoms with van der Waals surface area (Å²) < 4.78 is 0. The predicted molar refractivity (Wildman–Crippen MR) is 117 cm³/mol. The molecule has 0 unspecified atom stereocenters. The lowest BCUT2D eigenvalue weighted by Gasteiger charge is -2.36. The Morgan fingerprint density at radius 1 is 1.17 bits per heavy atom. The number of benzene rings is 1. The highest BCUT2D eigenvalue weighted by Crippen LogP contribution is 2.12. The lowest BCUT2D eigenvalue weighted by Crippen LogP contribution is -2.48. The fraction of sp³-hybridized carbons (Fsp3) is 0.348. The van der Waals surface area contributed by atoms with E-state index in [-0.39, 0.29) is 11.5 Å². The van der Waals surface area contributed by atoms with Crippen LogP contribution in [-0.4, -0.2) is 51.9 Å². The number of amides is 1. The van der Waals surface area contributed by atoms with Gasteiger partial charge in [-0.1, -0.05) is 36.4 Å². The maximum Gasteiger partial charge on any atom is 0.258 e. The Morgan fingerprint density at radius 2 is 1.86 bits per heavy atom. The lowest BCUT2D eigenvalue weighted by molar-refractivity contribution is -0.132. The molecule has 0 bridgehead atoms. The van der Waals surface area contributed by atoms with Crippen LogP contribution in [0, 0.1) is 0 Å². The minimum absolute atomic E-state index is 0.0892. The van der Waals surface area contributed by atoms with Crippen molar-refractivity contribution in [3.63, 3.8) is 0 Å². The third kappa shape index (κ3) is 5.22. The van der Waals surface area contributed by atoms with Crippen LogP contribution in [0.1, 0.15) is 26.1 Å². The number of nitrogens with one attached hydrogen (secondary N) is 1. The molecular formula is C23H28N4O2. The van der Waals surface area contributed by atoms with E-state index in [2.05, 4.69) is 40.5 Å². The molecule has 0 atom stereocenters. The van der Waals surface area contributed by atoms with Crippen LogP contribution in [0.15, 0.2) is 65.1 Å². The summed E-state index contributed by atoms with van der Waals surface area (Å²) >= 11 is 0. The van der Waals surface area contributed by atoms with E-state index >= 15 is 0 Å². The Hall–Kier alpha value is -3.15. The minimum Gasteiger partial charge on any atom is -0.368 e. The molecule has 1 aliphatic heterocycles. The van der Waals surface area contributed by atoms with Gasteiger partial charge in [0.2, 0.25) is 5.91 Å². The van der Waals surface area contributed by atoms with E-state index in [1.807, 2.05) is 36.1 Å². The van der Waals surface area contributed by atoms with E-state index in [0.29, 0.717) is 42.7 Å². The van der Waals surface area contributed by atoms with Gasteiger partial charge in [0.15, 0.2) is 0 Å². The average Bonchev–Trinajstić information content (AvgIpc) is 2.75. The zero-order chi connectivity index (χ0) is 20.8. The Balaban J connectivity index is 1.52. The van der Waals surface area contributed by atoms with Crippen molar-refractivity contribution in [2.45, 2.75) is 26.7 Å². The molecule has 1 saturated heterocycles. The maximum absolute atomic E-state index is 12.6. The second-order valence-electron chi connectivity index (χ2n) is 7.25. The number of para-hydroxylation sites is 1. The van der Waals surface area contributed by atoms with Gasteiger partial charge in [-0.2, -0.15) is 0 Å². The van der Waals surface area contributed by atoms with Crippen LogP contribution in [-0.2, 0) is 11.2 Å². The summed E-state index contributed by atoms with van der Waals surface area (Å²) in [5.74, 6) is 0.643. The van der Waals surface area contributed by atoms with Gasteiger partial charge in [0.1, 0.15) is 5.82 Å². The Kier molecular flexibility index (Phi) is 6.65. The van der Waals surface area contributed by atoms with Gasteiger partial charge in [0, 0.05) is 44.7 Å². The molecule has 0 radical (unpaired) electrons. The van der Waals surface area contributed by atoms with Gasteiger partial charge in [-0.25, -0.2) is 4.98 Å². The molecule has 2 heterocycles. The van der Waals surface area contributed by atoms with Crippen LogP contribution in [0.2, 0.25) is 0 Å². The van der Waals surface area contributed by atoms with Crippen LogP contribution in [0.25, 0.3) is 10.9 Å². The van der Waals surface area contributed by atoms with Crippen molar-refractivity contribution < 1.29 is 4.79 Å². The number of aromatic nitrogens is 2. The highest BCUT2D eigenvalue weighted by atomic mass is 16.2. The number of rotatable bonds is 6. The van der Waals surface area contributed by atoms with Crippen LogP contribution >= 0.6 is 0 Å². The predicted octanol–water partition coefficient (Wildman–Crippen LogP) is 3.04. The lowest BCUT2D eigenvalue weighted by atomic mass is 10.2. The highest BCUT2D eigenvalue weighted by Gasteiger charge is 2.21. The number of nitrogens with zero attached hydrogens (tertiary/aromatic N) is 3. The summed E-state index contributed by atoms with van der Waals surface area (Å²) in [6, 6.07) is 7.23. The normalized spacial score (nSPS) is 15.3. The molecule has 6 nitrogen and oxygen atoms in total. The fourth-order valence-corrected chi connectivity index (χ4v) is 3.31. The van der Waals surface area contributed by atoms with E-state index in [4.69, 9.17) is 0 Å². The number of carbonyl (C=O) groups excluding carboxylic acids is 1.